The minimum atomic E-state index is -0.365. The Bertz CT molecular complexity index is 841. The summed E-state index contributed by atoms with van der Waals surface area (Å²) in [7, 11) is 5.67. The van der Waals surface area contributed by atoms with Crippen LogP contribution in [-0.4, -0.2) is 65.0 Å². The van der Waals surface area contributed by atoms with E-state index < -0.39 is 0 Å². The molecular formula is C18H25N5O3. The highest BCUT2D eigenvalue weighted by Gasteiger charge is 2.55. The van der Waals surface area contributed by atoms with E-state index in [4.69, 9.17) is 4.74 Å². The van der Waals surface area contributed by atoms with E-state index in [2.05, 4.69) is 15.3 Å². The lowest BCUT2D eigenvalue weighted by atomic mass is 9.58. The summed E-state index contributed by atoms with van der Waals surface area (Å²) >= 11 is 0. The molecule has 2 fully saturated rings. The van der Waals surface area contributed by atoms with Crippen molar-refractivity contribution in [3.63, 3.8) is 0 Å². The third-order valence-electron chi connectivity index (χ3n) is 6.00. The maximum atomic E-state index is 12.9. The van der Waals surface area contributed by atoms with E-state index >= 15 is 0 Å². The van der Waals surface area contributed by atoms with Gasteiger partial charge in [-0.3, -0.25) is 4.79 Å². The van der Waals surface area contributed by atoms with Crippen LogP contribution in [-0.2, 0) is 11.8 Å². The van der Waals surface area contributed by atoms with E-state index in [1.165, 1.54) is 6.33 Å². The molecule has 8 heteroatoms. The molecule has 1 saturated carbocycles. The van der Waals surface area contributed by atoms with E-state index in [0.29, 0.717) is 25.3 Å². The van der Waals surface area contributed by atoms with Gasteiger partial charge in [0.25, 0.3) is 5.91 Å². The third-order valence-corrected chi connectivity index (χ3v) is 6.00. The Hall–Kier alpha value is -2.19. The quantitative estimate of drug-likeness (QED) is 0.838. The molecule has 2 N–H and O–H groups in total. The summed E-state index contributed by atoms with van der Waals surface area (Å²) in [6.07, 6.45) is 3.31. The summed E-state index contributed by atoms with van der Waals surface area (Å²) in [5, 5.41) is 14.3. The molecular weight excluding hydrogens is 334 g/mol. The summed E-state index contributed by atoms with van der Waals surface area (Å²) in [6, 6.07) is 1.82. The average molecular weight is 359 g/mol. The predicted molar refractivity (Wildman–Crippen MR) is 97.2 cm³/mol. The highest BCUT2D eigenvalue weighted by Crippen LogP contribution is 2.49. The molecule has 0 unspecified atom stereocenters. The maximum Gasteiger partial charge on any atom is 0.268 e. The van der Waals surface area contributed by atoms with E-state index in [9.17, 15) is 9.90 Å². The van der Waals surface area contributed by atoms with Crippen molar-refractivity contribution in [2.45, 2.75) is 31.4 Å². The lowest BCUT2D eigenvalue weighted by Gasteiger charge is -2.55. The highest BCUT2D eigenvalue weighted by atomic mass is 16.5. The Balaban J connectivity index is 1.61. The largest absolute Gasteiger partial charge is 0.392 e. The number of aliphatic hydroxyl groups is 1. The summed E-state index contributed by atoms with van der Waals surface area (Å²) in [4.78, 5) is 23.5. The van der Waals surface area contributed by atoms with Crippen molar-refractivity contribution >= 4 is 22.8 Å². The minimum Gasteiger partial charge on any atom is -0.392 e. The zero-order valence-corrected chi connectivity index (χ0v) is 15.4. The van der Waals surface area contributed by atoms with Crippen molar-refractivity contribution in [3.05, 3.63) is 18.1 Å². The zero-order chi connectivity index (χ0) is 18.5. The normalized spacial score (nSPS) is 24.5. The number of hydrogen-bond donors (Lipinski definition) is 2. The molecule has 8 nitrogen and oxygen atoms in total. The van der Waals surface area contributed by atoms with Gasteiger partial charge in [-0.1, -0.05) is 0 Å². The third kappa shape index (κ3) is 2.47. The van der Waals surface area contributed by atoms with Crippen LogP contribution in [0.4, 0.5) is 5.82 Å². The molecule has 140 valence electrons. The number of anilines is 1. The fraction of sp³-hybridized carbons (Fsp3) is 0.611. The number of rotatable bonds is 3. The topological polar surface area (TPSA) is 92.5 Å². The van der Waals surface area contributed by atoms with Gasteiger partial charge in [0.15, 0.2) is 0 Å². The number of nitrogens with one attached hydrogen (secondary N) is 1. The number of fused-ring (bicyclic) bond motifs is 1. The second kappa shape index (κ2) is 6.21. The molecule has 2 aromatic rings. The number of hydrogen-bond acceptors (Lipinski definition) is 6. The number of aromatic nitrogens is 3. The van der Waals surface area contributed by atoms with Gasteiger partial charge in [-0.25, -0.2) is 9.97 Å². The van der Waals surface area contributed by atoms with Crippen molar-refractivity contribution < 1.29 is 14.6 Å². The van der Waals surface area contributed by atoms with Crippen molar-refractivity contribution in [2.24, 2.45) is 12.5 Å². The van der Waals surface area contributed by atoms with Crippen LogP contribution in [0.3, 0.4) is 0 Å². The smallest absolute Gasteiger partial charge is 0.268 e. The Labute approximate surface area is 152 Å². The van der Waals surface area contributed by atoms with Crippen LogP contribution in [0.2, 0.25) is 0 Å². The number of aryl methyl sites for hydroxylation is 1. The first-order valence-electron chi connectivity index (χ1n) is 8.98. The molecule has 0 aromatic carbocycles. The van der Waals surface area contributed by atoms with Gasteiger partial charge in [0.2, 0.25) is 0 Å². The average Bonchev–Trinajstić information content (AvgIpc) is 2.99. The number of ether oxygens (including phenoxy) is 1. The molecule has 26 heavy (non-hydrogen) atoms. The molecule has 1 spiro atoms. The van der Waals surface area contributed by atoms with Gasteiger partial charge in [0.05, 0.1) is 11.5 Å². The monoisotopic (exact) mass is 359 g/mol. The van der Waals surface area contributed by atoms with Crippen LogP contribution in [0.1, 0.15) is 29.8 Å². The fourth-order valence-corrected chi connectivity index (χ4v) is 4.33. The summed E-state index contributed by atoms with van der Waals surface area (Å²) in [5.41, 5.74) is 1.03. The Morgan fingerprint density at radius 2 is 2.12 bits per heavy atom. The van der Waals surface area contributed by atoms with E-state index in [0.717, 1.165) is 29.7 Å². The van der Waals surface area contributed by atoms with Crippen LogP contribution in [0, 0.1) is 5.41 Å². The van der Waals surface area contributed by atoms with Gasteiger partial charge in [-0.2, -0.15) is 0 Å². The maximum absolute atomic E-state index is 12.9. The molecule has 0 radical (unpaired) electrons. The van der Waals surface area contributed by atoms with Crippen molar-refractivity contribution in [1.29, 1.82) is 0 Å². The van der Waals surface area contributed by atoms with Crippen molar-refractivity contribution in [2.75, 3.05) is 32.2 Å². The second-order valence-electron chi connectivity index (χ2n) is 7.54. The predicted octanol–water partition coefficient (Wildman–Crippen LogP) is 0.694. The Morgan fingerprint density at radius 1 is 1.38 bits per heavy atom. The van der Waals surface area contributed by atoms with Crippen LogP contribution in [0.15, 0.2) is 12.4 Å². The number of amides is 1. The lowest BCUT2D eigenvalue weighted by molar-refractivity contribution is -0.145. The minimum absolute atomic E-state index is 0.0219. The first-order chi connectivity index (χ1) is 12.4. The fourth-order valence-electron chi connectivity index (χ4n) is 4.33. The van der Waals surface area contributed by atoms with E-state index in [-0.39, 0.29) is 23.5 Å². The number of carbonyl (C=O) groups is 1. The first kappa shape index (κ1) is 17.2. The van der Waals surface area contributed by atoms with Crippen molar-refractivity contribution in [3.8, 4) is 0 Å². The Morgan fingerprint density at radius 3 is 2.77 bits per heavy atom. The molecule has 1 aliphatic heterocycles. The van der Waals surface area contributed by atoms with Gasteiger partial charge in [0.1, 0.15) is 23.5 Å². The molecule has 2 atom stereocenters. The molecule has 2 aliphatic rings. The number of carbonyl (C=O) groups excluding carboxylic acids is 1. The second-order valence-corrected chi connectivity index (χ2v) is 7.54. The molecule has 3 heterocycles. The number of nitrogens with zero attached hydrogens (tertiary/aromatic N) is 4. The molecule has 0 bridgehead atoms. The molecule has 2 aromatic heterocycles. The molecule has 1 amide bonds. The highest BCUT2D eigenvalue weighted by molar-refractivity contribution is 6.00. The standard InChI is InChI=1S/C18H25N5O3/c1-22(2)15-11-8-12(23(3)16(11)20-10-19-15)17(25)21-13-9-14(24)18(13)4-6-26-7-5-18/h8,10,13-14,24H,4-7,9H2,1-3H3,(H,21,25)/t13-,14-/m1/s1. The molecule has 1 saturated heterocycles. The van der Waals surface area contributed by atoms with Gasteiger partial charge in [-0.15, -0.1) is 0 Å². The SMILES string of the molecule is CN(C)c1ncnc2c1cc(C(=O)N[C@@H]1C[C@@H](O)C13CCOCC3)n2C. The number of aliphatic hydroxyl groups excluding tert-OH is 1. The van der Waals surface area contributed by atoms with Gasteiger partial charge in [-0.05, 0) is 25.3 Å². The van der Waals surface area contributed by atoms with E-state index in [1.807, 2.05) is 32.1 Å². The van der Waals surface area contributed by atoms with E-state index in [1.54, 1.807) is 4.57 Å². The van der Waals surface area contributed by atoms with Crippen LogP contribution >= 0.6 is 0 Å². The molecule has 4 rings (SSSR count). The summed E-state index contributed by atoms with van der Waals surface area (Å²) in [5.74, 6) is 0.641. The summed E-state index contributed by atoms with van der Waals surface area (Å²) < 4.78 is 7.23. The Kier molecular flexibility index (Phi) is 4.11. The van der Waals surface area contributed by atoms with Gasteiger partial charge in [0, 0.05) is 45.8 Å². The van der Waals surface area contributed by atoms with Crippen LogP contribution in [0.5, 0.6) is 0 Å². The van der Waals surface area contributed by atoms with Gasteiger partial charge < -0.3 is 24.6 Å². The zero-order valence-electron chi connectivity index (χ0n) is 15.4. The van der Waals surface area contributed by atoms with Gasteiger partial charge >= 0.3 is 0 Å². The summed E-state index contributed by atoms with van der Waals surface area (Å²) in [6.45, 7) is 1.28. The van der Waals surface area contributed by atoms with Crippen LogP contribution in [0.25, 0.3) is 11.0 Å². The van der Waals surface area contributed by atoms with Crippen molar-refractivity contribution in [1.82, 2.24) is 19.9 Å². The lowest BCUT2D eigenvalue weighted by Crippen LogP contribution is -2.65. The molecule has 1 aliphatic carbocycles. The van der Waals surface area contributed by atoms with Crippen LogP contribution < -0.4 is 10.2 Å². The first-order valence-corrected chi connectivity index (χ1v) is 8.98.